The number of pyridine rings is 1. The van der Waals surface area contributed by atoms with Crippen LogP contribution in [-0.4, -0.2) is 28.9 Å². The van der Waals surface area contributed by atoms with E-state index in [0.717, 1.165) is 11.3 Å². The minimum absolute atomic E-state index is 0.625. The van der Waals surface area contributed by atoms with Crippen molar-refractivity contribution in [2.24, 2.45) is 0 Å². The van der Waals surface area contributed by atoms with Gasteiger partial charge < -0.3 is 10.1 Å². The van der Waals surface area contributed by atoms with E-state index in [1.807, 2.05) is 30.1 Å². The van der Waals surface area contributed by atoms with Crippen LogP contribution in [0, 0.1) is 0 Å². The van der Waals surface area contributed by atoms with Crippen LogP contribution < -0.4 is 10.1 Å². The summed E-state index contributed by atoms with van der Waals surface area (Å²) >= 11 is 0. The van der Waals surface area contributed by atoms with Crippen LogP contribution in [0.4, 0.5) is 5.69 Å². The summed E-state index contributed by atoms with van der Waals surface area (Å²) in [4.78, 5) is 4.14. The van der Waals surface area contributed by atoms with Crippen molar-refractivity contribution in [3.8, 4) is 5.88 Å². The van der Waals surface area contributed by atoms with E-state index in [1.165, 1.54) is 0 Å². The molecule has 0 aliphatic heterocycles. The van der Waals surface area contributed by atoms with Crippen LogP contribution in [0.25, 0.3) is 0 Å². The topological polar surface area (TPSA) is 52.0 Å². The summed E-state index contributed by atoms with van der Waals surface area (Å²) in [6.45, 7) is 0.707. The van der Waals surface area contributed by atoms with Crippen molar-refractivity contribution in [1.29, 1.82) is 0 Å². The number of nitrogens with one attached hydrogen (secondary N) is 1. The van der Waals surface area contributed by atoms with Crippen LogP contribution in [0.3, 0.4) is 0 Å². The van der Waals surface area contributed by atoms with Gasteiger partial charge in [0.2, 0.25) is 5.88 Å². The molecule has 2 heterocycles. The summed E-state index contributed by atoms with van der Waals surface area (Å²) in [5.41, 5.74) is 2.09. The van der Waals surface area contributed by atoms with Gasteiger partial charge in [0.1, 0.15) is 0 Å². The van der Waals surface area contributed by atoms with E-state index in [0.29, 0.717) is 12.4 Å². The summed E-state index contributed by atoms with van der Waals surface area (Å²) in [5, 5.41) is 7.25. The Bertz CT molecular complexity index is 449. The van der Waals surface area contributed by atoms with Gasteiger partial charge in [-0.05, 0) is 5.56 Å². The number of aromatic nitrogens is 3. The van der Waals surface area contributed by atoms with Crippen LogP contribution in [0.2, 0.25) is 0 Å². The molecular weight excluding hydrogens is 204 g/mol. The molecule has 0 aliphatic rings. The molecule has 0 atom stereocenters. The highest BCUT2D eigenvalue weighted by Crippen LogP contribution is 2.09. The maximum atomic E-state index is 5.00. The van der Waals surface area contributed by atoms with Crippen molar-refractivity contribution in [2.75, 3.05) is 19.5 Å². The summed E-state index contributed by atoms with van der Waals surface area (Å²) in [6.07, 6.45) is 5.53. The number of hydrogen-bond acceptors (Lipinski definition) is 4. The maximum Gasteiger partial charge on any atom is 0.212 e. The highest BCUT2D eigenvalue weighted by atomic mass is 16.5. The Morgan fingerprint density at radius 3 is 2.81 bits per heavy atom. The van der Waals surface area contributed by atoms with Gasteiger partial charge >= 0.3 is 0 Å². The lowest BCUT2D eigenvalue weighted by molar-refractivity contribution is 0.397. The number of hydrogen-bond donors (Lipinski definition) is 1. The summed E-state index contributed by atoms with van der Waals surface area (Å²) in [5.74, 6) is 0.625. The molecule has 0 unspecified atom stereocenters. The number of ether oxygens (including phenoxy) is 1. The molecule has 0 spiro atoms. The average molecular weight is 218 g/mol. The highest BCUT2D eigenvalue weighted by Gasteiger charge is 1.99. The first-order valence-corrected chi connectivity index (χ1v) is 5.01. The lowest BCUT2D eigenvalue weighted by Gasteiger charge is -2.02. The fourth-order valence-electron chi connectivity index (χ4n) is 1.39. The van der Waals surface area contributed by atoms with Gasteiger partial charge in [-0.15, -0.1) is 0 Å². The third kappa shape index (κ3) is 2.31. The van der Waals surface area contributed by atoms with Crippen LogP contribution >= 0.6 is 0 Å². The van der Waals surface area contributed by atoms with Gasteiger partial charge in [-0.3, -0.25) is 4.68 Å². The first-order valence-electron chi connectivity index (χ1n) is 5.01. The van der Waals surface area contributed by atoms with Crippen molar-refractivity contribution < 1.29 is 4.74 Å². The van der Waals surface area contributed by atoms with Gasteiger partial charge in [0.25, 0.3) is 0 Å². The van der Waals surface area contributed by atoms with Crippen LogP contribution in [0.5, 0.6) is 5.88 Å². The zero-order valence-corrected chi connectivity index (χ0v) is 9.34. The third-order valence-electron chi connectivity index (χ3n) is 2.27. The molecule has 16 heavy (non-hydrogen) atoms. The second kappa shape index (κ2) is 4.65. The molecule has 1 N–H and O–H groups in total. The van der Waals surface area contributed by atoms with Crippen molar-refractivity contribution in [3.05, 3.63) is 36.3 Å². The number of nitrogens with zero attached hydrogens (tertiary/aromatic N) is 3. The Morgan fingerprint density at radius 1 is 1.38 bits per heavy atom. The molecule has 0 saturated heterocycles. The first-order chi connectivity index (χ1) is 7.81. The lowest BCUT2D eigenvalue weighted by atomic mass is 10.3. The predicted octanol–water partition coefficient (Wildman–Crippen LogP) is 1.38. The monoisotopic (exact) mass is 218 g/mol. The van der Waals surface area contributed by atoms with Gasteiger partial charge in [0, 0.05) is 25.5 Å². The van der Waals surface area contributed by atoms with E-state index in [1.54, 1.807) is 19.5 Å². The van der Waals surface area contributed by atoms with Gasteiger partial charge in [-0.25, -0.2) is 4.98 Å². The van der Waals surface area contributed by atoms with Crippen molar-refractivity contribution in [1.82, 2.24) is 14.8 Å². The standard InChI is InChI=1S/C11H14N4O/c1-12-10-6-14-15(8-10)7-9-3-4-11(16-2)13-5-9/h3-6,8,12H,7H2,1-2H3. The second-order valence-corrected chi connectivity index (χ2v) is 3.39. The molecule has 0 aliphatic carbocycles. The average Bonchev–Trinajstić information content (AvgIpc) is 2.78. The van der Waals surface area contributed by atoms with E-state index in [9.17, 15) is 0 Å². The molecule has 2 aromatic rings. The largest absolute Gasteiger partial charge is 0.481 e. The molecule has 0 radical (unpaired) electrons. The molecule has 5 heteroatoms. The normalized spacial score (nSPS) is 10.1. The van der Waals surface area contributed by atoms with E-state index in [2.05, 4.69) is 15.4 Å². The second-order valence-electron chi connectivity index (χ2n) is 3.39. The van der Waals surface area contributed by atoms with Crippen molar-refractivity contribution >= 4 is 5.69 Å². The van der Waals surface area contributed by atoms with E-state index in [4.69, 9.17) is 4.74 Å². The third-order valence-corrected chi connectivity index (χ3v) is 2.27. The molecule has 2 rings (SSSR count). The van der Waals surface area contributed by atoms with Gasteiger partial charge in [0.05, 0.1) is 25.5 Å². The number of rotatable bonds is 4. The van der Waals surface area contributed by atoms with E-state index >= 15 is 0 Å². The fraction of sp³-hybridized carbons (Fsp3) is 0.273. The Hall–Kier alpha value is -2.04. The van der Waals surface area contributed by atoms with Crippen LogP contribution in [0.1, 0.15) is 5.56 Å². The maximum absolute atomic E-state index is 5.00. The minimum Gasteiger partial charge on any atom is -0.481 e. The molecule has 84 valence electrons. The molecule has 0 saturated carbocycles. The first kappa shape index (κ1) is 10.5. The number of methoxy groups -OCH3 is 1. The Labute approximate surface area is 94.1 Å². The molecule has 5 nitrogen and oxygen atoms in total. The Balaban J connectivity index is 2.08. The molecule has 0 bridgehead atoms. The number of anilines is 1. The van der Waals surface area contributed by atoms with Crippen molar-refractivity contribution in [3.63, 3.8) is 0 Å². The Kier molecular flexibility index (Phi) is 3.05. The molecular formula is C11H14N4O. The van der Waals surface area contributed by atoms with E-state index in [-0.39, 0.29) is 0 Å². The quantitative estimate of drug-likeness (QED) is 0.842. The van der Waals surface area contributed by atoms with Crippen molar-refractivity contribution in [2.45, 2.75) is 6.54 Å². The summed E-state index contributed by atoms with van der Waals surface area (Å²) in [6, 6.07) is 3.82. The highest BCUT2D eigenvalue weighted by molar-refractivity contribution is 5.37. The zero-order chi connectivity index (χ0) is 11.4. The van der Waals surface area contributed by atoms with Gasteiger partial charge in [-0.1, -0.05) is 6.07 Å². The summed E-state index contributed by atoms with van der Waals surface area (Å²) in [7, 11) is 3.48. The lowest BCUT2D eigenvalue weighted by Crippen LogP contribution is -2.00. The smallest absolute Gasteiger partial charge is 0.212 e. The SMILES string of the molecule is CNc1cnn(Cc2ccc(OC)nc2)c1. The minimum atomic E-state index is 0.625. The molecule has 2 aromatic heterocycles. The Morgan fingerprint density at radius 2 is 2.25 bits per heavy atom. The van der Waals surface area contributed by atoms with Gasteiger partial charge in [0.15, 0.2) is 0 Å². The molecule has 0 amide bonds. The molecule has 0 fully saturated rings. The predicted molar refractivity (Wildman–Crippen MR) is 61.7 cm³/mol. The zero-order valence-electron chi connectivity index (χ0n) is 9.34. The molecule has 0 aromatic carbocycles. The van der Waals surface area contributed by atoms with E-state index < -0.39 is 0 Å². The fourth-order valence-corrected chi connectivity index (χ4v) is 1.39. The van der Waals surface area contributed by atoms with Crippen LogP contribution in [0.15, 0.2) is 30.7 Å². The van der Waals surface area contributed by atoms with Gasteiger partial charge in [-0.2, -0.15) is 5.10 Å². The summed E-state index contributed by atoms with van der Waals surface area (Å²) < 4.78 is 6.85. The van der Waals surface area contributed by atoms with Crippen LogP contribution in [-0.2, 0) is 6.54 Å².